The van der Waals surface area contributed by atoms with Gasteiger partial charge in [0.15, 0.2) is 0 Å². The molecule has 1 aliphatic rings. The maximum atomic E-state index is 12.0. The Hall–Kier alpha value is -3.11. The SMILES string of the molecule is NC(=O)CC[C@H](NC(=O)CC[C@@H]1CNc2nc(N)[nH]c(=O)c2C1)C(=O)O. The number of nitrogens with two attached hydrogens (primary N) is 2. The second kappa shape index (κ2) is 8.32. The number of aliphatic carboxylic acids is 1. The smallest absolute Gasteiger partial charge is 0.326 e. The minimum Gasteiger partial charge on any atom is -0.480 e. The van der Waals surface area contributed by atoms with E-state index in [1.54, 1.807) is 0 Å². The highest BCUT2D eigenvalue weighted by molar-refractivity contribution is 5.84. The molecule has 0 bridgehead atoms. The third-order valence-electron chi connectivity index (χ3n) is 4.18. The molecule has 1 aromatic heterocycles. The number of nitrogen functional groups attached to an aromatic ring is 1. The number of carbonyl (C=O) groups excluding carboxylic acids is 2. The molecule has 0 spiro atoms. The van der Waals surface area contributed by atoms with Crippen molar-refractivity contribution in [3.63, 3.8) is 0 Å². The molecule has 0 saturated carbocycles. The van der Waals surface area contributed by atoms with Gasteiger partial charge in [0.1, 0.15) is 11.9 Å². The fraction of sp³-hybridized carbons (Fsp3) is 0.533. The highest BCUT2D eigenvalue weighted by atomic mass is 16.4. The number of carboxylic acids is 1. The van der Waals surface area contributed by atoms with Crippen LogP contribution in [0, 0.1) is 5.92 Å². The molecular weight excluding hydrogens is 344 g/mol. The summed E-state index contributed by atoms with van der Waals surface area (Å²) < 4.78 is 0. The van der Waals surface area contributed by atoms with E-state index in [2.05, 4.69) is 20.6 Å². The van der Waals surface area contributed by atoms with Crippen LogP contribution in [0.25, 0.3) is 0 Å². The highest BCUT2D eigenvalue weighted by Crippen LogP contribution is 2.23. The molecule has 1 aromatic rings. The van der Waals surface area contributed by atoms with Crippen LogP contribution >= 0.6 is 0 Å². The van der Waals surface area contributed by atoms with Gasteiger partial charge in [0.25, 0.3) is 5.56 Å². The standard InChI is InChI=1S/C15H22N6O5/c16-10(22)3-2-9(14(25)26)19-11(23)4-1-7-5-8-12(18-6-7)20-15(17)21-13(8)24/h7,9H,1-6H2,(H2,16,22)(H,19,23)(H,25,26)(H4,17,18,20,21,24)/t7-,9-/m0/s1. The molecule has 0 aromatic carbocycles. The summed E-state index contributed by atoms with van der Waals surface area (Å²) in [6.45, 7) is 0.528. The number of rotatable bonds is 8. The molecule has 0 fully saturated rings. The normalized spacial score (nSPS) is 16.8. The maximum absolute atomic E-state index is 12.0. The number of nitrogens with zero attached hydrogens (tertiary/aromatic N) is 1. The van der Waals surface area contributed by atoms with E-state index in [9.17, 15) is 19.2 Å². The molecule has 11 heteroatoms. The molecule has 2 amide bonds. The van der Waals surface area contributed by atoms with Gasteiger partial charge in [-0.05, 0) is 25.2 Å². The average molecular weight is 366 g/mol. The van der Waals surface area contributed by atoms with Crippen molar-refractivity contribution in [2.75, 3.05) is 17.6 Å². The summed E-state index contributed by atoms with van der Waals surface area (Å²) in [6, 6.07) is -1.16. The first-order valence-corrected chi connectivity index (χ1v) is 8.19. The third-order valence-corrected chi connectivity index (χ3v) is 4.18. The van der Waals surface area contributed by atoms with Crippen LogP contribution in [0.15, 0.2) is 4.79 Å². The van der Waals surface area contributed by atoms with Gasteiger partial charge in [-0.3, -0.25) is 19.4 Å². The summed E-state index contributed by atoms with van der Waals surface area (Å²) in [5, 5.41) is 14.5. The number of aromatic nitrogens is 2. The van der Waals surface area contributed by atoms with Gasteiger partial charge in [0, 0.05) is 19.4 Å². The number of fused-ring (bicyclic) bond motifs is 1. The first kappa shape index (κ1) is 19.2. The first-order valence-electron chi connectivity index (χ1n) is 8.19. The third kappa shape index (κ3) is 5.19. The lowest BCUT2D eigenvalue weighted by molar-refractivity contribution is -0.142. The van der Waals surface area contributed by atoms with Gasteiger partial charge in [-0.15, -0.1) is 0 Å². The van der Waals surface area contributed by atoms with Crippen molar-refractivity contribution < 1.29 is 19.5 Å². The summed E-state index contributed by atoms with van der Waals surface area (Å²) >= 11 is 0. The molecule has 142 valence electrons. The van der Waals surface area contributed by atoms with E-state index in [-0.39, 0.29) is 36.7 Å². The van der Waals surface area contributed by atoms with Crippen molar-refractivity contribution in [1.82, 2.24) is 15.3 Å². The van der Waals surface area contributed by atoms with Crippen LogP contribution in [0.4, 0.5) is 11.8 Å². The number of aromatic amines is 1. The van der Waals surface area contributed by atoms with Crippen LogP contribution in [0.3, 0.4) is 0 Å². The molecule has 26 heavy (non-hydrogen) atoms. The van der Waals surface area contributed by atoms with Crippen molar-refractivity contribution in [2.45, 2.75) is 38.1 Å². The maximum Gasteiger partial charge on any atom is 0.326 e. The van der Waals surface area contributed by atoms with Gasteiger partial charge >= 0.3 is 5.97 Å². The summed E-state index contributed by atoms with van der Waals surface area (Å²) in [4.78, 5) is 52.3. The highest BCUT2D eigenvalue weighted by Gasteiger charge is 2.24. The number of carbonyl (C=O) groups is 3. The van der Waals surface area contributed by atoms with Crippen molar-refractivity contribution in [1.29, 1.82) is 0 Å². The van der Waals surface area contributed by atoms with E-state index in [4.69, 9.17) is 16.6 Å². The molecule has 0 radical (unpaired) electrons. The van der Waals surface area contributed by atoms with Gasteiger partial charge in [-0.25, -0.2) is 4.79 Å². The van der Waals surface area contributed by atoms with Crippen LogP contribution < -0.4 is 27.7 Å². The Morgan fingerprint density at radius 1 is 1.35 bits per heavy atom. The molecule has 0 aliphatic carbocycles. The Balaban J connectivity index is 1.86. The summed E-state index contributed by atoms with van der Waals surface area (Å²) in [5.41, 5.74) is 10.7. The first-order chi connectivity index (χ1) is 12.3. The molecule has 1 aliphatic heterocycles. The van der Waals surface area contributed by atoms with E-state index in [1.807, 2.05) is 0 Å². The lowest BCUT2D eigenvalue weighted by Crippen LogP contribution is -2.41. The number of amides is 2. The summed E-state index contributed by atoms with van der Waals surface area (Å²) in [5.74, 6) is -1.77. The largest absolute Gasteiger partial charge is 0.480 e. The molecule has 2 rings (SSSR count). The Morgan fingerprint density at radius 2 is 2.08 bits per heavy atom. The Morgan fingerprint density at radius 3 is 2.73 bits per heavy atom. The molecule has 2 atom stereocenters. The number of anilines is 2. The predicted molar refractivity (Wildman–Crippen MR) is 92.2 cm³/mol. The predicted octanol–water partition coefficient (Wildman–Crippen LogP) is -1.45. The second-order valence-electron chi connectivity index (χ2n) is 6.23. The Bertz CT molecular complexity index is 761. The van der Waals surface area contributed by atoms with Crippen molar-refractivity contribution in [3.05, 3.63) is 15.9 Å². The fourth-order valence-corrected chi connectivity index (χ4v) is 2.80. The molecule has 0 saturated heterocycles. The lowest BCUT2D eigenvalue weighted by atomic mass is 9.92. The van der Waals surface area contributed by atoms with Gasteiger partial charge in [-0.1, -0.05) is 0 Å². The quantitative estimate of drug-likeness (QED) is 0.321. The minimum atomic E-state index is -1.22. The van der Waals surface area contributed by atoms with Crippen molar-refractivity contribution in [3.8, 4) is 0 Å². The van der Waals surface area contributed by atoms with E-state index in [1.165, 1.54) is 0 Å². The molecule has 11 nitrogen and oxygen atoms in total. The molecular formula is C15H22N6O5. The number of carboxylic acid groups (broad SMARTS) is 1. The lowest BCUT2D eigenvalue weighted by Gasteiger charge is -2.24. The number of H-pyrrole nitrogens is 1. The van der Waals surface area contributed by atoms with Gasteiger partial charge in [-0.2, -0.15) is 4.98 Å². The number of nitrogens with one attached hydrogen (secondary N) is 3. The van der Waals surface area contributed by atoms with Crippen molar-refractivity contribution >= 4 is 29.5 Å². The van der Waals surface area contributed by atoms with Gasteiger partial charge < -0.3 is 27.2 Å². The number of primary amides is 1. The topological polar surface area (TPSA) is 193 Å². The fourth-order valence-electron chi connectivity index (χ4n) is 2.80. The van der Waals surface area contributed by atoms with Gasteiger partial charge in [0.05, 0.1) is 5.56 Å². The van der Waals surface area contributed by atoms with E-state index in [0.717, 1.165) is 0 Å². The zero-order valence-corrected chi connectivity index (χ0v) is 14.1. The summed E-state index contributed by atoms with van der Waals surface area (Å²) in [6.07, 6.45) is 0.825. The van der Waals surface area contributed by atoms with Crippen molar-refractivity contribution in [2.24, 2.45) is 11.7 Å². The van der Waals surface area contributed by atoms with Crippen LogP contribution in [-0.4, -0.2) is 45.4 Å². The van der Waals surface area contributed by atoms with E-state index < -0.39 is 23.8 Å². The van der Waals surface area contributed by atoms with E-state index >= 15 is 0 Å². The van der Waals surface area contributed by atoms with Crippen LogP contribution in [0.2, 0.25) is 0 Å². The monoisotopic (exact) mass is 366 g/mol. The van der Waals surface area contributed by atoms with Gasteiger partial charge in [0.2, 0.25) is 17.8 Å². The van der Waals surface area contributed by atoms with Crippen LogP contribution in [0.1, 0.15) is 31.2 Å². The van der Waals surface area contributed by atoms with Crippen LogP contribution in [0.5, 0.6) is 0 Å². The molecule has 8 N–H and O–H groups in total. The molecule has 2 heterocycles. The Kier molecular flexibility index (Phi) is 6.15. The zero-order chi connectivity index (χ0) is 19.3. The minimum absolute atomic E-state index is 0.0219. The zero-order valence-electron chi connectivity index (χ0n) is 14.1. The molecule has 0 unspecified atom stereocenters. The number of hydrogen-bond donors (Lipinski definition) is 6. The Labute approximate surface area is 148 Å². The second-order valence-corrected chi connectivity index (χ2v) is 6.23. The van der Waals surface area contributed by atoms with Crippen LogP contribution in [-0.2, 0) is 20.8 Å². The van der Waals surface area contributed by atoms with E-state index in [0.29, 0.717) is 30.8 Å². The number of hydrogen-bond acceptors (Lipinski definition) is 7. The average Bonchev–Trinajstić information content (AvgIpc) is 2.56. The summed E-state index contributed by atoms with van der Waals surface area (Å²) in [7, 11) is 0.